The maximum Gasteiger partial charge on any atom is 0.251 e. The molecule has 2 N–H and O–H groups in total. The standard InChI is InChI=1S/C20H18N2O4/c1-12-2-3-13-9-14(20(24)22-16(13)8-12)4-7-19(23)21-15-5-6-17-18(10-15)26-11-25-17/h2-3,5-6,8-10H,4,7,11H2,1H3,(H,21,23)(H,22,24). The first-order chi connectivity index (χ1) is 12.6. The second-order valence-electron chi connectivity index (χ2n) is 6.33. The molecule has 0 bridgehead atoms. The minimum Gasteiger partial charge on any atom is -0.454 e. The second-order valence-corrected chi connectivity index (χ2v) is 6.33. The predicted octanol–water partition coefficient (Wildman–Crippen LogP) is 3.14. The van der Waals surface area contributed by atoms with Gasteiger partial charge in [0.2, 0.25) is 12.7 Å². The van der Waals surface area contributed by atoms with Crippen molar-refractivity contribution in [2.45, 2.75) is 19.8 Å². The van der Waals surface area contributed by atoms with Crippen molar-refractivity contribution in [1.29, 1.82) is 0 Å². The highest BCUT2D eigenvalue weighted by Crippen LogP contribution is 2.34. The first-order valence-corrected chi connectivity index (χ1v) is 8.40. The van der Waals surface area contributed by atoms with Gasteiger partial charge in [-0.15, -0.1) is 0 Å². The Morgan fingerprint density at radius 3 is 2.85 bits per heavy atom. The van der Waals surface area contributed by atoms with Gasteiger partial charge in [-0.05, 0) is 48.6 Å². The second kappa shape index (κ2) is 6.55. The molecule has 3 aromatic rings. The normalized spacial score (nSPS) is 12.3. The highest BCUT2D eigenvalue weighted by molar-refractivity contribution is 5.91. The molecule has 0 saturated carbocycles. The molecular formula is C20H18N2O4. The van der Waals surface area contributed by atoms with Crippen LogP contribution in [-0.2, 0) is 11.2 Å². The number of anilines is 1. The molecule has 0 spiro atoms. The average Bonchev–Trinajstić information content (AvgIpc) is 3.07. The van der Waals surface area contributed by atoms with E-state index in [1.807, 2.05) is 31.2 Å². The van der Waals surface area contributed by atoms with Gasteiger partial charge in [-0.2, -0.15) is 0 Å². The van der Waals surface area contributed by atoms with Crippen LogP contribution in [0.2, 0.25) is 0 Å². The van der Waals surface area contributed by atoms with Crippen LogP contribution in [-0.4, -0.2) is 17.7 Å². The van der Waals surface area contributed by atoms with E-state index in [1.54, 1.807) is 18.2 Å². The first kappa shape index (κ1) is 16.2. The smallest absolute Gasteiger partial charge is 0.251 e. The van der Waals surface area contributed by atoms with Crippen LogP contribution >= 0.6 is 0 Å². The number of pyridine rings is 1. The summed E-state index contributed by atoms with van der Waals surface area (Å²) in [4.78, 5) is 27.3. The molecule has 0 aliphatic carbocycles. The van der Waals surface area contributed by atoms with E-state index in [0.717, 1.165) is 16.5 Å². The number of hydrogen-bond donors (Lipinski definition) is 2. The molecular weight excluding hydrogens is 332 g/mol. The van der Waals surface area contributed by atoms with E-state index in [2.05, 4.69) is 10.3 Å². The van der Waals surface area contributed by atoms with Gasteiger partial charge in [0, 0.05) is 29.3 Å². The Balaban J connectivity index is 1.44. The molecule has 6 nitrogen and oxygen atoms in total. The summed E-state index contributed by atoms with van der Waals surface area (Å²) in [5.41, 5.74) is 2.98. The van der Waals surface area contributed by atoms with Gasteiger partial charge < -0.3 is 19.8 Å². The van der Waals surface area contributed by atoms with E-state index < -0.39 is 0 Å². The summed E-state index contributed by atoms with van der Waals surface area (Å²) in [5.74, 6) is 1.12. The molecule has 26 heavy (non-hydrogen) atoms. The summed E-state index contributed by atoms with van der Waals surface area (Å²) in [6.07, 6.45) is 0.588. The maximum atomic E-state index is 12.2. The van der Waals surface area contributed by atoms with Gasteiger partial charge in [0.05, 0.1) is 0 Å². The summed E-state index contributed by atoms with van der Waals surface area (Å²) in [7, 11) is 0. The highest BCUT2D eigenvalue weighted by Gasteiger charge is 2.14. The summed E-state index contributed by atoms with van der Waals surface area (Å²) < 4.78 is 10.5. The van der Waals surface area contributed by atoms with Crippen LogP contribution in [0.5, 0.6) is 11.5 Å². The Hall–Kier alpha value is -3.28. The Labute approximate surface area is 149 Å². The zero-order valence-corrected chi connectivity index (χ0v) is 14.3. The Morgan fingerprint density at radius 1 is 1.12 bits per heavy atom. The predicted molar refractivity (Wildman–Crippen MR) is 98.8 cm³/mol. The largest absolute Gasteiger partial charge is 0.454 e. The van der Waals surface area contributed by atoms with Crippen molar-refractivity contribution in [2.75, 3.05) is 12.1 Å². The lowest BCUT2D eigenvalue weighted by Gasteiger charge is -2.07. The molecule has 2 heterocycles. The highest BCUT2D eigenvalue weighted by atomic mass is 16.7. The Kier molecular flexibility index (Phi) is 4.08. The fourth-order valence-corrected chi connectivity index (χ4v) is 2.99. The van der Waals surface area contributed by atoms with Gasteiger partial charge in [-0.3, -0.25) is 9.59 Å². The zero-order chi connectivity index (χ0) is 18.1. The lowest BCUT2D eigenvalue weighted by Crippen LogP contribution is -2.17. The van der Waals surface area contributed by atoms with Crippen LogP contribution in [0.4, 0.5) is 5.69 Å². The number of aryl methyl sites for hydroxylation is 2. The fraction of sp³-hybridized carbons (Fsp3) is 0.200. The lowest BCUT2D eigenvalue weighted by atomic mass is 10.1. The minimum absolute atomic E-state index is 0.154. The number of rotatable bonds is 4. The van der Waals surface area contributed by atoms with Crippen molar-refractivity contribution in [2.24, 2.45) is 0 Å². The van der Waals surface area contributed by atoms with E-state index in [0.29, 0.717) is 29.2 Å². The topological polar surface area (TPSA) is 80.4 Å². The third-order valence-electron chi connectivity index (χ3n) is 4.36. The van der Waals surface area contributed by atoms with Crippen molar-refractivity contribution in [3.05, 3.63) is 63.9 Å². The quantitative estimate of drug-likeness (QED) is 0.757. The number of hydrogen-bond acceptors (Lipinski definition) is 4. The summed E-state index contributed by atoms with van der Waals surface area (Å²) >= 11 is 0. The number of aromatic nitrogens is 1. The van der Waals surface area contributed by atoms with Crippen molar-refractivity contribution in [3.63, 3.8) is 0 Å². The van der Waals surface area contributed by atoms with Gasteiger partial charge in [0.1, 0.15) is 0 Å². The van der Waals surface area contributed by atoms with Crippen LogP contribution in [0.25, 0.3) is 10.9 Å². The number of ether oxygens (including phenoxy) is 2. The molecule has 0 atom stereocenters. The molecule has 132 valence electrons. The summed E-state index contributed by atoms with van der Waals surface area (Å²) in [6, 6.07) is 13.0. The summed E-state index contributed by atoms with van der Waals surface area (Å²) in [5, 5.41) is 3.78. The number of H-pyrrole nitrogens is 1. The van der Waals surface area contributed by atoms with Crippen LogP contribution in [0.1, 0.15) is 17.5 Å². The number of carbonyl (C=O) groups excluding carboxylic acids is 1. The van der Waals surface area contributed by atoms with Gasteiger partial charge in [0.25, 0.3) is 5.56 Å². The Morgan fingerprint density at radius 2 is 1.96 bits per heavy atom. The fourth-order valence-electron chi connectivity index (χ4n) is 2.99. The Bertz CT molecular complexity index is 1060. The third-order valence-corrected chi connectivity index (χ3v) is 4.36. The van der Waals surface area contributed by atoms with Crippen LogP contribution in [0.3, 0.4) is 0 Å². The average molecular weight is 350 g/mol. The molecule has 2 aromatic carbocycles. The van der Waals surface area contributed by atoms with Crippen molar-refractivity contribution in [1.82, 2.24) is 4.98 Å². The molecule has 0 saturated heterocycles. The molecule has 1 amide bonds. The molecule has 1 aromatic heterocycles. The first-order valence-electron chi connectivity index (χ1n) is 8.40. The van der Waals surface area contributed by atoms with E-state index >= 15 is 0 Å². The number of amides is 1. The van der Waals surface area contributed by atoms with E-state index in [9.17, 15) is 9.59 Å². The minimum atomic E-state index is -0.160. The monoisotopic (exact) mass is 350 g/mol. The molecule has 0 radical (unpaired) electrons. The molecule has 0 fully saturated rings. The molecule has 6 heteroatoms. The van der Waals surface area contributed by atoms with Gasteiger partial charge in [-0.25, -0.2) is 0 Å². The van der Waals surface area contributed by atoms with Gasteiger partial charge in [-0.1, -0.05) is 12.1 Å². The van der Waals surface area contributed by atoms with Crippen LogP contribution in [0.15, 0.2) is 47.3 Å². The maximum absolute atomic E-state index is 12.2. The van der Waals surface area contributed by atoms with Crippen molar-refractivity contribution >= 4 is 22.5 Å². The van der Waals surface area contributed by atoms with Crippen molar-refractivity contribution in [3.8, 4) is 11.5 Å². The zero-order valence-electron chi connectivity index (χ0n) is 14.3. The number of nitrogens with one attached hydrogen (secondary N) is 2. The van der Waals surface area contributed by atoms with E-state index in [1.165, 1.54) is 0 Å². The number of carbonyl (C=O) groups is 1. The van der Waals surface area contributed by atoms with Crippen molar-refractivity contribution < 1.29 is 14.3 Å². The van der Waals surface area contributed by atoms with Gasteiger partial charge >= 0.3 is 0 Å². The lowest BCUT2D eigenvalue weighted by molar-refractivity contribution is -0.116. The molecule has 1 aliphatic rings. The van der Waals surface area contributed by atoms with Crippen LogP contribution in [0, 0.1) is 6.92 Å². The molecule has 4 rings (SSSR count). The van der Waals surface area contributed by atoms with E-state index in [4.69, 9.17) is 9.47 Å². The van der Waals surface area contributed by atoms with E-state index in [-0.39, 0.29) is 24.7 Å². The number of aromatic amines is 1. The third kappa shape index (κ3) is 3.26. The number of benzene rings is 2. The molecule has 0 unspecified atom stereocenters. The number of fused-ring (bicyclic) bond motifs is 2. The SMILES string of the molecule is Cc1ccc2cc(CCC(=O)Nc3ccc4c(c3)OCO4)c(=O)[nH]c2c1. The van der Waals surface area contributed by atoms with Crippen LogP contribution < -0.4 is 20.3 Å². The summed E-state index contributed by atoms with van der Waals surface area (Å²) in [6.45, 7) is 2.17. The molecule has 1 aliphatic heterocycles. The van der Waals surface area contributed by atoms with Gasteiger partial charge in [0.15, 0.2) is 11.5 Å².